The van der Waals surface area contributed by atoms with Crippen molar-refractivity contribution in [2.45, 2.75) is 20.3 Å². The summed E-state index contributed by atoms with van der Waals surface area (Å²) in [5.74, 6) is -0.248. The SMILES string of the molecule is COC(=O)C1=CCC(C)(C)C=C1. The third-order valence-corrected chi connectivity index (χ3v) is 1.98. The molecule has 0 N–H and O–H groups in total. The average Bonchev–Trinajstić information content (AvgIpc) is 2.03. The van der Waals surface area contributed by atoms with Crippen LogP contribution in [0.25, 0.3) is 0 Å². The summed E-state index contributed by atoms with van der Waals surface area (Å²) >= 11 is 0. The largest absolute Gasteiger partial charge is 0.465 e. The Labute approximate surface area is 72.9 Å². The minimum atomic E-state index is -0.248. The summed E-state index contributed by atoms with van der Waals surface area (Å²) in [6.07, 6.45) is 6.69. The van der Waals surface area contributed by atoms with E-state index in [0.717, 1.165) is 6.42 Å². The Kier molecular flexibility index (Phi) is 2.36. The summed E-state index contributed by atoms with van der Waals surface area (Å²) in [7, 11) is 1.40. The van der Waals surface area contributed by atoms with E-state index in [1.165, 1.54) is 7.11 Å². The first-order valence-corrected chi connectivity index (χ1v) is 4.03. The molecule has 0 aromatic carbocycles. The molecule has 0 spiro atoms. The summed E-state index contributed by atoms with van der Waals surface area (Å²) < 4.78 is 4.60. The molecule has 0 saturated heterocycles. The summed E-state index contributed by atoms with van der Waals surface area (Å²) in [5.41, 5.74) is 0.842. The molecule has 0 amide bonds. The monoisotopic (exact) mass is 166 g/mol. The Morgan fingerprint density at radius 3 is 2.67 bits per heavy atom. The van der Waals surface area contributed by atoms with Gasteiger partial charge in [-0.2, -0.15) is 0 Å². The first-order chi connectivity index (χ1) is 5.55. The molecule has 0 atom stereocenters. The fourth-order valence-corrected chi connectivity index (χ4v) is 1.09. The highest BCUT2D eigenvalue weighted by molar-refractivity contribution is 5.91. The van der Waals surface area contributed by atoms with E-state index in [0.29, 0.717) is 5.57 Å². The Morgan fingerprint density at radius 2 is 2.25 bits per heavy atom. The van der Waals surface area contributed by atoms with Crippen molar-refractivity contribution in [3.63, 3.8) is 0 Å². The van der Waals surface area contributed by atoms with Crippen molar-refractivity contribution >= 4 is 5.97 Å². The van der Waals surface area contributed by atoms with Gasteiger partial charge in [0.1, 0.15) is 0 Å². The topological polar surface area (TPSA) is 26.3 Å². The maximum Gasteiger partial charge on any atom is 0.337 e. The van der Waals surface area contributed by atoms with Crippen LogP contribution in [0.5, 0.6) is 0 Å². The van der Waals surface area contributed by atoms with Gasteiger partial charge in [0.05, 0.1) is 12.7 Å². The molecule has 1 aliphatic rings. The van der Waals surface area contributed by atoms with Crippen LogP contribution < -0.4 is 0 Å². The number of hydrogen-bond acceptors (Lipinski definition) is 2. The lowest BCUT2D eigenvalue weighted by molar-refractivity contribution is -0.135. The van der Waals surface area contributed by atoms with E-state index >= 15 is 0 Å². The second-order valence-corrected chi connectivity index (χ2v) is 3.68. The molecule has 66 valence electrons. The fourth-order valence-electron chi connectivity index (χ4n) is 1.09. The van der Waals surface area contributed by atoms with Crippen molar-refractivity contribution in [3.05, 3.63) is 23.8 Å². The van der Waals surface area contributed by atoms with Crippen LogP contribution in [0.15, 0.2) is 23.8 Å². The van der Waals surface area contributed by atoms with Crippen molar-refractivity contribution in [1.82, 2.24) is 0 Å². The molecule has 2 heteroatoms. The Balaban J connectivity index is 2.71. The van der Waals surface area contributed by atoms with Crippen molar-refractivity contribution in [2.75, 3.05) is 7.11 Å². The molecule has 0 aliphatic heterocycles. The van der Waals surface area contributed by atoms with Gasteiger partial charge in [-0.15, -0.1) is 0 Å². The number of carbonyl (C=O) groups is 1. The first kappa shape index (κ1) is 9.04. The predicted molar refractivity (Wildman–Crippen MR) is 47.6 cm³/mol. The quantitative estimate of drug-likeness (QED) is 0.557. The van der Waals surface area contributed by atoms with Crippen LogP contribution in [0.1, 0.15) is 20.3 Å². The Hall–Kier alpha value is -1.05. The van der Waals surface area contributed by atoms with E-state index in [-0.39, 0.29) is 11.4 Å². The lowest BCUT2D eigenvalue weighted by Crippen LogP contribution is -2.13. The second kappa shape index (κ2) is 3.13. The van der Waals surface area contributed by atoms with Gasteiger partial charge in [-0.1, -0.05) is 32.1 Å². The highest BCUT2D eigenvalue weighted by Gasteiger charge is 2.18. The van der Waals surface area contributed by atoms with Crippen LogP contribution >= 0.6 is 0 Å². The summed E-state index contributed by atoms with van der Waals surface area (Å²) in [6, 6.07) is 0. The molecule has 0 bridgehead atoms. The molecule has 0 aromatic rings. The summed E-state index contributed by atoms with van der Waals surface area (Å²) in [6.45, 7) is 4.27. The Morgan fingerprint density at radius 1 is 1.58 bits per heavy atom. The van der Waals surface area contributed by atoms with Crippen LogP contribution in [-0.2, 0) is 9.53 Å². The molecule has 0 unspecified atom stereocenters. The number of allylic oxidation sites excluding steroid dienone is 2. The number of hydrogen-bond donors (Lipinski definition) is 0. The van der Waals surface area contributed by atoms with Gasteiger partial charge in [0.15, 0.2) is 0 Å². The van der Waals surface area contributed by atoms with E-state index in [4.69, 9.17) is 0 Å². The molecule has 0 aromatic heterocycles. The van der Waals surface area contributed by atoms with Crippen molar-refractivity contribution in [1.29, 1.82) is 0 Å². The zero-order chi connectivity index (χ0) is 9.19. The molecule has 12 heavy (non-hydrogen) atoms. The van der Waals surface area contributed by atoms with Gasteiger partial charge in [0.2, 0.25) is 0 Å². The van der Waals surface area contributed by atoms with Gasteiger partial charge in [-0.25, -0.2) is 4.79 Å². The minimum absolute atomic E-state index is 0.178. The highest BCUT2D eigenvalue weighted by Crippen LogP contribution is 2.28. The lowest BCUT2D eigenvalue weighted by Gasteiger charge is -2.21. The van der Waals surface area contributed by atoms with E-state index in [1.54, 1.807) is 0 Å². The van der Waals surface area contributed by atoms with Crippen LogP contribution in [-0.4, -0.2) is 13.1 Å². The molecule has 0 fully saturated rings. The summed E-state index contributed by atoms with van der Waals surface area (Å²) in [4.78, 5) is 11.0. The third kappa shape index (κ3) is 1.97. The number of esters is 1. The number of carbonyl (C=O) groups excluding carboxylic acids is 1. The normalized spacial score (nSPS) is 20.1. The molecule has 0 saturated carbocycles. The fraction of sp³-hybridized carbons (Fsp3) is 0.500. The maximum atomic E-state index is 11.0. The molecule has 0 heterocycles. The number of ether oxygens (including phenoxy) is 1. The molecule has 1 rings (SSSR count). The van der Waals surface area contributed by atoms with Crippen molar-refractivity contribution < 1.29 is 9.53 Å². The lowest BCUT2D eigenvalue weighted by atomic mass is 9.84. The minimum Gasteiger partial charge on any atom is -0.465 e. The first-order valence-electron chi connectivity index (χ1n) is 4.03. The molecule has 2 nitrogen and oxygen atoms in total. The third-order valence-electron chi connectivity index (χ3n) is 1.98. The molecular weight excluding hydrogens is 152 g/mol. The van der Waals surface area contributed by atoms with Crippen LogP contribution in [0, 0.1) is 5.41 Å². The van der Waals surface area contributed by atoms with E-state index in [1.807, 2.05) is 18.2 Å². The maximum absolute atomic E-state index is 11.0. The Bertz CT molecular complexity index is 247. The van der Waals surface area contributed by atoms with Crippen molar-refractivity contribution in [2.24, 2.45) is 5.41 Å². The van der Waals surface area contributed by atoms with Crippen LogP contribution in [0.2, 0.25) is 0 Å². The smallest absolute Gasteiger partial charge is 0.337 e. The highest BCUT2D eigenvalue weighted by atomic mass is 16.5. The van der Waals surface area contributed by atoms with Gasteiger partial charge in [-0.05, 0) is 11.8 Å². The van der Waals surface area contributed by atoms with Gasteiger partial charge >= 0.3 is 5.97 Å². The van der Waals surface area contributed by atoms with Gasteiger partial charge in [0, 0.05) is 0 Å². The van der Waals surface area contributed by atoms with Crippen LogP contribution in [0.3, 0.4) is 0 Å². The van der Waals surface area contributed by atoms with Gasteiger partial charge in [0.25, 0.3) is 0 Å². The van der Waals surface area contributed by atoms with Gasteiger partial charge < -0.3 is 4.74 Å². The van der Waals surface area contributed by atoms with E-state index in [9.17, 15) is 4.79 Å². The number of rotatable bonds is 1. The van der Waals surface area contributed by atoms with Crippen LogP contribution in [0.4, 0.5) is 0 Å². The molecule has 0 radical (unpaired) electrons. The number of methoxy groups -OCH3 is 1. The zero-order valence-electron chi connectivity index (χ0n) is 7.76. The predicted octanol–water partition coefficient (Wildman–Crippen LogP) is 2.07. The van der Waals surface area contributed by atoms with Gasteiger partial charge in [-0.3, -0.25) is 0 Å². The molecular formula is C10H14O2. The summed E-state index contributed by atoms with van der Waals surface area (Å²) in [5, 5.41) is 0. The van der Waals surface area contributed by atoms with E-state index < -0.39 is 0 Å². The zero-order valence-corrected chi connectivity index (χ0v) is 7.76. The molecule has 1 aliphatic carbocycles. The standard InChI is InChI=1S/C10H14O2/c1-10(2)6-4-8(5-7-10)9(11)12-3/h4-6H,7H2,1-3H3. The average molecular weight is 166 g/mol. The van der Waals surface area contributed by atoms with Crippen molar-refractivity contribution in [3.8, 4) is 0 Å². The second-order valence-electron chi connectivity index (χ2n) is 3.68. The van der Waals surface area contributed by atoms with E-state index in [2.05, 4.69) is 18.6 Å².